The molecule has 0 bridgehead atoms. The van der Waals surface area contributed by atoms with E-state index >= 15 is 0 Å². The molecule has 9 heteroatoms. The average molecular weight is 472 g/mol. The van der Waals surface area contributed by atoms with Crippen LogP contribution in [0.2, 0.25) is 0 Å². The van der Waals surface area contributed by atoms with E-state index in [0.29, 0.717) is 28.3 Å². The molecular weight excluding hydrogens is 445 g/mol. The molecule has 0 atom stereocenters. The number of nitrogens with zero attached hydrogens (tertiary/aromatic N) is 5. The number of aromatic nitrogens is 4. The van der Waals surface area contributed by atoms with Gasteiger partial charge in [-0.05, 0) is 62.6 Å². The summed E-state index contributed by atoms with van der Waals surface area (Å²) >= 11 is 0. The van der Waals surface area contributed by atoms with Gasteiger partial charge in [0.2, 0.25) is 5.95 Å². The Morgan fingerprint density at radius 3 is 2.57 bits per heavy atom. The number of halogens is 1. The van der Waals surface area contributed by atoms with Crippen molar-refractivity contribution in [3.8, 4) is 11.1 Å². The van der Waals surface area contributed by atoms with E-state index in [1.807, 2.05) is 32.0 Å². The number of nitrogens with one attached hydrogen (secondary N) is 2. The Morgan fingerprint density at radius 2 is 1.83 bits per heavy atom. The molecular formula is C26H26FN7O. The lowest BCUT2D eigenvalue weighted by atomic mass is 10.0. The summed E-state index contributed by atoms with van der Waals surface area (Å²) < 4.78 is 14.7. The van der Waals surface area contributed by atoms with Crippen molar-refractivity contribution < 1.29 is 9.18 Å². The standard InChI is InChI=1S/C26H26FN7O/c1-16(2)31-25(35)23-8-6-19(14-28-23)32-24-12-20(21(27)15-29-24)17-5-7-22-18(11-17)13-30-26(33-22)34-9-3-4-10-34/h5-8,11-16H,3-4,9-10H2,1-2H3,(H,29,32)(H,31,35). The van der Waals surface area contributed by atoms with Crippen molar-refractivity contribution in [1.82, 2.24) is 25.3 Å². The van der Waals surface area contributed by atoms with Gasteiger partial charge in [-0.15, -0.1) is 0 Å². The number of carbonyl (C=O) groups excluding carboxylic acids is 1. The Labute approximate surface area is 202 Å². The van der Waals surface area contributed by atoms with Crippen molar-refractivity contribution >= 4 is 34.3 Å². The van der Waals surface area contributed by atoms with Gasteiger partial charge in [-0.25, -0.2) is 24.3 Å². The minimum absolute atomic E-state index is 0.0257. The van der Waals surface area contributed by atoms with Crippen molar-refractivity contribution in [3.05, 3.63) is 66.5 Å². The van der Waals surface area contributed by atoms with E-state index in [2.05, 4.69) is 35.5 Å². The van der Waals surface area contributed by atoms with Gasteiger partial charge in [0, 0.05) is 36.3 Å². The van der Waals surface area contributed by atoms with Crippen LogP contribution in [0, 0.1) is 5.82 Å². The highest BCUT2D eigenvalue weighted by Gasteiger charge is 2.16. The third kappa shape index (κ3) is 5.03. The molecule has 3 aromatic heterocycles. The first-order chi connectivity index (χ1) is 17.0. The predicted octanol–water partition coefficient (Wildman–Crippen LogP) is 4.71. The monoisotopic (exact) mass is 471 g/mol. The molecule has 0 radical (unpaired) electrons. The Balaban J connectivity index is 1.37. The van der Waals surface area contributed by atoms with Crippen LogP contribution >= 0.6 is 0 Å². The molecule has 4 aromatic rings. The van der Waals surface area contributed by atoms with Crippen LogP contribution < -0.4 is 15.5 Å². The smallest absolute Gasteiger partial charge is 0.270 e. The van der Waals surface area contributed by atoms with Crippen LogP contribution in [0.3, 0.4) is 0 Å². The molecule has 0 unspecified atom stereocenters. The lowest BCUT2D eigenvalue weighted by Crippen LogP contribution is -2.30. The van der Waals surface area contributed by atoms with Crippen LogP contribution in [0.1, 0.15) is 37.2 Å². The maximum absolute atomic E-state index is 14.7. The first kappa shape index (κ1) is 22.6. The van der Waals surface area contributed by atoms with Gasteiger partial charge < -0.3 is 15.5 Å². The number of pyridine rings is 2. The zero-order valence-corrected chi connectivity index (χ0v) is 19.6. The molecule has 4 heterocycles. The van der Waals surface area contributed by atoms with Gasteiger partial charge in [0.25, 0.3) is 5.91 Å². The lowest BCUT2D eigenvalue weighted by molar-refractivity contribution is 0.0938. The van der Waals surface area contributed by atoms with Gasteiger partial charge in [0.1, 0.15) is 17.3 Å². The number of anilines is 3. The molecule has 1 aliphatic heterocycles. The van der Waals surface area contributed by atoms with Crippen LogP contribution in [0.15, 0.2) is 55.0 Å². The number of amides is 1. The van der Waals surface area contributed by atoms with Gasteiger partial charge in [-0.2, -0.15) is 0 Å². The highest BCUT2D eigenvalue weighted by molar-refractivity contribution is 5.92. The maximum atomic E-state index is 14.7. The van der Waals surface area contributed by atoms with E-state index in [9.17, 15) is 9.18 Å². The van der Waals surface area contributed by atoms with E-state index in [-0.39, 0.29) is 11.9 Å². The summed E-state index contributed by atoms with van der Waals surface area (Å²) in [4.78, 5) is 31.8. The van der Waals surface area contributed by atoms with E-state index in [4.69, 9.17) is 0 Å². The summed E-state index contributed by atoms with van der Waals surface area (Å²) in [6.07, 6.45) is 6.84. The van der Waals surface area contributed by atoms with Gasteiger partial charge in [0.15, 0.2) is 0 Å². The second-order valence-electron chi connectivity index (χ2n) is 8.87. The molecule has 8 nitrogen and oxygen atoms in total. The van der Waals surface area contributed by atoms with Crippen LogP contribution in [0.4, 0.5) is 21.8 Å². The van der Waals surface area contributed by atoms with E-state index in [1.54, 1.807) is 30.6 Å². The normalized spacial score (nSPS) is 13.4. The van der Waals surface area contributed by atoms with Crippen LogP contribution in [0.25, 0.3) is 22.0 Å². The summed E-state index contributed by atoms with van der Waals surface area (Å²) in [7, 11) is 0. The van der Waals surface area contributed by atoms with Crippen molar-refractivity contribution in [2.75, 3.05) is 23.3 Å². The third-order valence-electron chi connectivity index (χ3n) is 5.81. The second-order valence-corrected chi connectivity index (χ2v) is 8.87. The topological polar surface area (TPSA) is 95.9 Å². The largest absolute Gasteiger partial charge is 0.349 e. The fourth-order valence-corrected chi connectivity index (χ4v) is 4.08. The molecule has 35 heavy (non-hydrogen) atoms. The third-order valence-corrected chi connectivity index (χ3v) is 5.81. The predicted molar refractivity (Wildman–Crippen MR) is 134 cm³/mol. The summed E-state index contributed by atoms with van der Waals surface area (Å²) in [5, 5.41) is 6.77. The number of benzene rings is 1. The number of hydrogen-bond acceptors (Lipinski definition) is 7. The quantitative estimate of drug-likeness (QED) is 0.420. The average Bonchev–Trinajstić information content (AvgIpc) is 3.40. The van der Waals surface area contributed by atoms with Crippen molar-refractivity contribution in [1.29, 1.82) is 0 Å². The second kappa shape index (κ2) is 9.61. The maximum Gasteiger partial charge on any atom is 0.270 e. The molecule has 1 saturated heterocycles. The van der Waals surface area contributed by atoms with Gasteiger partial charge >= 0.3 is 0 Å². The number of rotatable bonds is 6. The zero-order chi connectivity index (χ0) is 24.4. The molecule has 2 N–H and O–H groups in total. The molecule has 5 rings (SSSR count). The number of fused-ring (bicyclic) bond motifs is 1. The number of hydrogen-bond donors (Lipinski definition) is 2. The van der Waals surface area contributed by atoms with E-state index in [0.717, 1.165) is 42.8 Å². The molecule has 1 fully saturated rings. The molecule has 1 aliphatic rings. The molecule has 0 saturated carbocycles. The first-order valence-corrected chi connectivity index (χ1v) is 11.7. The van der Waals surface area contributed by atoms with Crippen molar-refractivity contribution in [2.45, 2.75) is 32.7 Å². The highest BCUT2D eigenvalue weighted by Crippen LogP contribution is 2.29. The Morgan fingerprint density at radius 1 is 1.00 bits per heavy atom. The summed E-state index contributed by atoms with van der Waals surface area (Å²) in [5.74, 6) is 0.541. The Hall–Kier alpha value is -4.14. The molecule has 0 aliphatic carbocycles. The molecule has 178 valence electrons. The summed E-state index contributed by atoms with van der Waals surface area (Å²) in [6.45, 7) is 5.73. The Kier molecular flexibility index (Phi) is 6.22. The van der Waals surface area contributed by atoms with Crippen molar-refractivity contribution in [2.24, 2.45) is 0 Å². The number of carbonyl (C=O) groups is 1. The first-order valence-electron chi connectivity index (χ1n) is 11.7. The van der Waals surface area contributed by atoms with E-state index < -0.39 is 5.82 Å². The Bertz CT molecular complexity index is 1370. The van der Waals surface area contributed by atoms with Crippen LogP contribution in [-0.4, -0.2) is 45.0 Å². The molecule has 0 spiro atoms. The fraction of sp³-hybridized carbons (Fsp3) is 0.269. The fourth-order valence-electron chi connectivity index (χ4n) is 4.08. The van der Waals surface area contributed by atoms with Crippen LogP contribution in [0.5, 0.6) is 0 Å². The van der Waals surface area contributed by atoms with Crippen molar-refractivity contribution in [3.63, 3.8) is 0 Å². The lowest BCUT2D eigenvalue weighted by Gasteiger charge is -2.15. The SMILES string of the molecule is CC(C)NC(=O)c1ccc(Nc2cc(-c3ccc4nc(N5CCCC5)ncc4c3)c(F)cn2)cn1. The summed E-state index contributed by atoms with van der Waals surface area (Å²) in [5.41, 5.74) is 2.90. The van der Waals surface area contributed by atoms with Crippen LogP contribution in [-0.2, 0) is 0 Å². The zero-order valence-electron chi connectivity index (χ0n) is 19.6. The van der Waals surface area contributed by atoms with Gasteiger partial charge in [-0.1, -0.05) is 6.07 Å². The van der Waals surface area contributed by atoms with Gasteiger partial charge in [0.05, 0.1) is 23.6 Å². The minimum Gasteiger partial charge on any atom is -0.349 e. The molecule has 1 aromatic carbocycles. The van der Waals surface area contributed by atoms with Gasteiger partial charge in [-0.3, -0.25) is 4.79 Å². The minimum atomic E-state index is -0.427. The summed E-state index contributed by atoms with van der Waals surface area (Å²) in [6, 6.07) is 10.7. The highest BCUT2D eigenvalue weighted by atomic mass is 19.1. The van der Waals surface area contributed by atoms with E-state index in [1.165, 1.54) is 6.20 Å². The molecule has 1 amide bonds.